The van der Waals surface area contributed by atoms with Gasteiger partial charge in [0.15, 0.2) is 5.82 Å². The third-order valence-electron chi connectivity index (χ3n) is 2.58. The van der Waals surface area contributed by atoms with Crippen LogP contribution in [0.5, 0.6) is 0 Å². The molecule has 16 heavy (non-hydrogen) atoms. The highest BCUT2D eigenvalue weighted by Crippen LogP contribution is 2.14. The third-order valence-corrected chi connectivity index (χ3v) is 2.99. The van der Waals surface area contributed by atoms with Crippen LogP contribution in [-0.4, -0.2) is 29.0 Å². The van der Waals surface area contributed by atoms with Crippen molar-refractivity contribution in [3.8, 4) is 0 Å². The fraction of sp³-hybridized carbons (Fsp3) is 0.500. The lowest BCUT2D eigenvalue weighted by Gasteiger charge is -2.21. The molecule has 2 rings (SSSR count). The molecular weight excluding hydrogens is 272 g/mol. The van der Waals surface area contributed by atoms with E-state index in [4.69, 9.17) is 0 Å². The minimum atomic E-state index is 0.0399. The minimum absolute atomic E-state index is 0.0399. The van der Waals surface area contributed by atoms with E-state index < -0.39 is 0 Å². The van der Waals surface area contributed by atoms with Gasteiger partial charge in [0.2, 0.25) is 5.91 Å². The lowest BCUT2D eigenvalue weighted by atomic mass is 9.97. The Morgan fingerprint density at radius 2 is 2.12 bits per heavy atom. The Morgan fingerprint density at radius 3 is 2.75 bits per heavy atom. The summed E-state index contributed by atoms with van der Waals surface area (Å²) in [5.41, 5.74) is 0. The molecule has 0 aromatic carbocycles. The van der Waals surface area contributed by atoms with Crippen LogP contribution < -0.4 is 10.6 Å². The van der Waals surface area contributed by atoms with Crippen molar-refractivity contribution in [2.45, 2.75) is 12.8 Å². The summed E-state index contributed by atoms with van der Waals surface area (Å²) in [6.07, 6.45) is 4.88. The highest BCUT2D eigenvalue weighted by atomic mass is 79.9. The van der Waals surface area contributed by atoms with E-state index in [0.29, 0.717) is 10.4 Å². The van der Waals surface area contributed by atoms with Crippen molar-refractivity contribution in [1.29, 1.82) is 0 Å². The number of amides is 1. The van der Waals surface area contributed by atoms with E-state index in [2.05, 4.69) is 36.5 Å². The van der Waals surface area contributed by atoms with Crippen LogP contribution in [0.1, 0.15) is 12.8 Å². The van der Waals surface area contributed by atoms with Crippen molar-refractivity contribution in [3.05, 3.63) is 17.0 Å². The molecular formula is C10H13BrN4O. The molecule has 1 aromatic heterocycles. The van der Waals surface area contributed by atoms with Gasteiger partial charge >= 0.3 is 0 Å². The van der Waals surface area contributed by atoms with Crippen LogP contribution in [-0.2, 0) is 4.79 Å². The molecule has 0 radical (unpaired) electrons. The number of aromatic nitrogens is 2. The molecule has 0 atom stereocenters. The maximum atomic E-state index is 11.8. The first-order chi connectivity index (χ1) is 7.75. The molecule has 1 amide bonds. The van der Waals surface area contributed by atoms with E-state index in [0.717, 1.165) is 25.9 Å². The van der Waals surface area contributed by atoms with Gasteiger partial charge in [-0.05, 0) is 41.9 Å². The number of carbonyl (C=O) groups is 1. The second-order valence-electron chi connectivity index (χ2n) is 3.74. The van der Waals surface area contributed by atoms with Gasteiger partial charge in [-0.15, -0.1) is 0 Å². The lowest BCUT2D eigenvalue weighted by Crippen LogP contribution is -2.34. The van der Waals surface area contributed by atoms with E-state index >= 15 is 0 Å². The fourth-order valence-electron chi connectivity index (χ4n) is 1.69. The van der Waals surface area contributed by atoms with Gasteiger partial charge in [0.05, 0.1) is 12.4 Å². The number of piperidine rings is 1. The first-order valence-corrected chi connectivity index (χ1v) is 6.04. The quantitative estimate of drug-likeness (QED) is 0.856. The molecule has 1 aliphatic rings. The second-order valence-corrected chi connectivity index (χ2v) is 4.55. The summed E-state index contributed by atoms with van der Waals surface area (Å²) in [4.78, 5) is 19.9. The van der Waals surface area contributed by atoms with Gasteiger partial charge in [0, 0.05) is 5.92 Å². The number of anilines is 1. The van der Waals surface area contributed by atoms with Crippen LogP contribution in [0.15, 0.2) is 17.0 Å². The molecule has 1 aliphatic heterocycles. The Labute approximate surface area is 102 Å². The number of halogens is 1. The summed E-state index contributed by atoms with van der Waals surface area (Å²) >= 11 is 3.19. The van der Waals surface area contributed by atoms with Crippen LogP contribution in [0.4, 0.5) is 5.82 Å². The van der Waals surface area contributed by atoms with E-state index in [1.807, 2.05) is 0 Å². The SMILES string of the molecule is O=C(Nc1cnc(Br)cn1)C1CCNCC1. The van der Waals surface area contributed by atoms with Crippen molar-refractivity contribution in [3.63, 3.8) is 0 Å². The van der Waals surface area contributed by atoms with Crippen LogP contribution >= 0.6 is 15.9 Å². The predicted octanol–water partition coefficient (Wildman–Crippen LogP) is 1.18. The van der Waals surface area contributed by atoms with Crippen molar-refractivity contribution in [2.75, 3.05) is 18.4 Å². The number of nitrogens with one attached hydrogen (secondary N) is 2. The monoisotopic (exact) mass is 284 g/mol. The Balaban J connectivity index is 1.93. The maximum Gasteiger partial charge on any atom is 0.228 e. The Bertz CT molecular complexity index is 362. The van der Waals surface area contributed by atoms with Crippen molar-refractivity contribution in [1.82, 2.24) is 15.3 Å². The molecule has 1 aromatic rings. The number of nitrogens with zero attached hydrogens (tertiary/aromatic N) is 2. The van der Waals surface area contributed by atoms with Crippen molar-refractivity contribution in [2.24, 2.45) is 5.92 Å². The summed E-state index contributed by atoms with van der Waals surface area (Å²) < 4.78 is 0.660. The zero-order valence-electron chi connectivity index (χ0n) is 8.74. The molecule has 1 fully saturated rings. The van der Waals surface area contributed by atoms with Gasteiger partial charge in [-0.1, -0.05) is 0 Å². The van der Waals surface area contributed by atoms with Crippen LogP contribution in [0, 0.1) is 5.92 Å². The molecule has 2 N–H and O–H groups in total. The van der Waals surface area contributed by atoms with E-state index in [-0.39, 0.29) is 11.8 Å². The third kappa shape index (κ3) is 2.99. The highest BCUT2D eigenvalue weighted by Gasteiger charge is 2.21. The van der Waals surface area contributed by atoms with Gasteiger partial charge in [-0.3, -0.25) is 4.79 Å². The van der Waals surface area contributed by atoms with Crippen LogP contribution in [0.2, 0.25) is 0 Å². The van der Waals surface area contributed by atoms with E-state index in [1.165, 1.54) is 0 Å². The summed E-state index contributed by atoms with van der Waals surface area (Å²) in [5.74, 6) is 0.636. The van der Waals surface area contributed by atoms with Gasteiger partial charge in [0.1, 0.15) is 4.60 Å². The second kappa shape index (κ2) is 5.36. The molecule has 86 valence electrons. The molecule has 0 saturated carbocycles. The van der Waals surface area contributed by atoms with Crippen LogP contribution in [0.3, 0.4) is 0 Å². The van der Waals surface area contributed by atoms with Gasteiger partial charge in [0.25, 0.3) is 0 Å². The molecule has 5 nitrogen and oxygen atoms in total. The number of rotatable bonds is 2. The first kappa shape index (κ1) is 11.5. The zero-order valence-corrected chi connectivity index (χ0v) is 10.3. The standard InChI is InChI=1S/C10H13BrN4O/c11-8-5-14-9(6-13-8)15-10(16)7-1-3-12-4-2-7/h5-7,12H,1-4H2,(H,14,15,16). The summed E-state index contributed by atoms with van der Waals surface area (Å²) in [5, 5.41) is 6.00. The summed E-state index contributed by atoms with van der Waals surface area (Å²) in [7, 11) is 0. The highest BCUT2D eigenvalue weighted by molar-refractivity contribution is 9.10. The summed E-state index contributed by atoms with van der Waals surface area (Å²) in [6, 6.07) is 0. The Kier molecular flexibility index (Phi) is 3.84. The Hall–Kier alpha value is -1.01. The van der Waals surface area contributed by atoms with Crippen molar-refractivity contribution < 1.29 is 4.79 Å². The smallest absolute Gasteiger partial charge is 0.228 e. The largest absolute Gasteiger partial charge is 0.317 e. The van der Waals surface area contributed by atoms with Crippen molar-refractivity contribution >= 4 is 27.7 Å². The molecule has 2 heterocycles. The van der Waals surface area contributed by atoms with Crippen LogP contribution in [0.25, 0.3) is 0 Å². The average Bonchev–Trinajstić information content (AvgIpc) is 2.33. The lowest BCUT2D eigenvalue weighted by molar-refractivity contribution is -0.120. The van der Waals surface area contributed by atoms with Gasteiger partial charge in [-0.2, -0.15) is 0 Å². The van der Waals surface area contributed by atoms with E-state index in [1.54, 1.807) is 12.4 Å². The Morgan fingerprint density at radius 1 is 1.38 bits per heavy atom. The molecule has 1 saturated heterocycles. The zero-order chi connectivity index (χ0) is 11.4. The predicted molar refractivity (Wildman–Crippen MR) is 64.0 cm³/mol. The fourth-order valence-corrected chi connectivity index (χ4v) is 1.89. The topological polar surface area (TPSA) is 66.9 Å². The number of hydrogen-bond donors (Lipinski definition) is 2. The van der Waals surface area contributed by atoms with E-state index in [9.17, 15) is 4.79 Å². The minimum Gasteiger partial charge on any atom is -0.317 e. The van der Waals surface area contributed by atoms with Gasteiger partial charge < -0.3 is 10.6 Å². The molecule has 6 heteroatoms. The normalized spacial score (nSPS) is 17.1. The molecule has 0 spiro atoms. The maximum absolute atomic E-state index is 11.8. The molecule has 0 bridgehead atoms. The first-order valence-electron chi connectivity index (χ1n) is 5.25. The number of hydrogen-bond acceptors (Lipinski definition) is 4. The summed E-state index contributed by atoms with van der Waals surface area (Å²) in [6.45, 7) is 1.81. The van der Waals surface area contributed by atoms with Gasteiger partial charge in [-0.25, -0.2) is 9.97 Å². The molecule has 0 unspecified atom stereocenters. The average molecular weight is 285 g/mol. The molecule has 0 aliphatic carbocycles. The number of carbonyl (C=O) groups excluding carboxylic acids is 1.